The van der Waals surface area contributed by atoms with Crippen molar-refractivity contribution in [3.63, 3.8) is 0 Å². The molecular weight excluding hydrogens is 238 g/mol. The summed E-state index contributed by atoms with van der Waals surface area (Å²) >= 11 is 0. The number of amides is 1. The fourth-order valence-electron chi connectivity index (χ4n) is 2.44. The van der Waals surface area contributed by atoms with Gasteiger partial charge in [0, 0.05) is 12.1 Å². The maximum Gasteiger partial charge on any atom is 0.254 e. The van der Waals surface area contributed by atoms with E-state index in [1.54, 1.807) is 0 Å². The molecule has 0 N–H and O–H groups in total. The van der Waals surface area contributed by atoms with Crippen LogP contribution in [0.3, 0.4) is 0 Å². The molecule has 1 aromatic carbocycles. The minimum Gasteiger partial charge on any atom is -0.377 e. The number of hydrogen-bond acceptors (Lipinski definition) is 2. The van der Waals surface area contributed by atoms with Gasteiger partial charge in [0.15, 0.2) is 0 Å². The predicted molar refractivity (Wildman–Crippen MR) is 76.5 cm³/mol. The zero-order valence-electron chi connectivity index (χ0n) is 12.1. The molecule has 2 rings (SSSR count). The van der Waals surface area contributed by atoms with Crippen molar-refractivity contribution in [1.29, 1.82) is 0 Å². The highest BCUT2D eigenvalue weighted by Crippen LogP contribution is 2.18. The van der Waals surface area contributed by atoms with Crippen molar-refractivity contribution in [2.24, 2.45) is 0 Å². The van der Waals surface area contributed by atoms with E-state index in [-0.39, 0.29) is 11.9 Å². The molecule has 1 aromatic rings. The summed E-state index contributed by atoms with van der Waals surface area (Å²) in [6.45, 7) is 8.42. The number of morpholine rings is 1. The summed E-state index contributed by atoms with van der Waals surface area (Å²) in [6, 6.07) is 8.21. The number of benzene rings is 1. The van der Waals surface area contributed by atoms with Crippen molar-refractivity contribution < 1.29 is 9.53 Å². The Hall–Kier alpha value is -1.35. The maximum absolute atomic E-state index is 12.5. The maximum atomic E-state index is 12.5. The third kappa shape index (κ3) is 3.16. The second-order valence-electron chi connectivity index (χ2n) is 5.41. The Morgan fingerprint density at radius 1 is 1.37 bits per heavy atom. The van der Waals surface area contributed by atoms with Gasteiger partial charge in [-0.05, 0) is 30.0 Å². The first-order valence-electron chi connectivity index (χ1n) is 7.12. The smallest absolute Gasteiger partial charge is 0.254 e. The summed E-state index contributed by atoms with van der Waals surface area (Å²) in [5.41, 5.74) is 2.05. The average molecular weight is 261 g/mol. The Bertz CT molecular complexity index is 425. The van der Waals surface area contributed by atoms with Crippen molar-refractivity contribution >= 4 is 5.91 Å². The molecule has 1 amide bonds. The first-order chi connectivity index (χ1) is 9.13. The van der Waals surface area contributed by atoms with Gasteiger partial charge in [0.1, 0.15) is 0 Å². The first-order valence-corrected chi connectivity index (χ1v) is 7.12. The molecule has 0 unspecified atom stereocenters. The van der Waals surface area contributed by atoms with Gasteiger partial charge in [-0.25, -0.2) is 0 Å². The molecule has 0 bridgehead atoms. The van der Waals surface area contributed by atoms with E-state index in [1.807, 2.05) is 17.0 Å². The lowest BCUT2D eigenvalue weighted by atomic mass is 10.0. The second-order valence-corrected chi connectivity index (χ2v) is 5.41. The highest BCUT2D eigenvalue weighted by molar-refractivity contribution is 5.94. The van der Waals surface area contributed by atoms with E-state index in [0.29, 0.717) is 25.7 Å². The minimum absolute atomic E-state index is 0.130. The van der Waals surface area contributed by atoms with Crippen LogP contribution in [-0.4, -0.2) is 36.6 Å². The normalized spacial score (nSPS) is 19.8. The molecule has 3 nitrogen and oxygen atoms in total. The molecule has 1 fully saturated rings. The van der Waals surface area contributed by atoms with E-state index >= 15 is 0 Å². The highest BCUT2D eigenvalue weighted by Gasteiger charge is 2.26. The fraction of sp³-hybridized carbons (Fsp3) is 0.562. The summed E-state index contributed by atoms with van der Waals surface area (Å²) in [4.78, 5) is 14.5. The Morgan fingerprint density at radius 3 is 2.63 bits per heavy atom. The number of rotatable bonds is 3. The van der Waals surface area contributed by atoms with E-state index in [2.05, 4.69) is 32.9 Å². The molecule has 0 spiro atoms. The standard InChI is InChI=1S/C16H23NO2/c1-4-15-11-19-10-9-17(15)16(18)14-7-5-13(6-8-14)12(2)3/h5-8,12,15H,4,9-11H2,1-3H3/t15-/m0/s1. The van der Waals surface area contributed by atoms with Gasteiger partial charge in [-0.15, -0.1) is 0 Å². The van der Waals surface area contributed by atoms with E-state index in [9.17, 15) is 4.79 Å². The third-order valence-corrected chi connectivity index (χ3v) is 3.78. The number of carbonyl (C=O) groups is 1. The van der Waals surface area contributed by atoms with Crippen LogP contribution in [0.2, 0.25) is 0 Å². The van der Waals surface area contributed by atoms with Crippen LogP contribution in [0.15, 0.2) is 24.3 Å². The van der Waals surface area contributed by atoms with Gasteiger partial charge in [-0.2, -0.15) is 0 Å². The van der Waals surface area contributed by atoms with Crippen LogP contribution in [0, 0.1) is 0 Å². The van der Waals surface area contributed by atoms with Gasteiger partial charge in [-0.1, -0.05) is 32.9 Å². The lowest BCUT2D eigenvalue weighted by Gasteiger charge is -2.35. The predicted octanol–water partition coefficient (Wildman–Crippen LogP) is 3.06. The topological polar surface area (TPSA) is 29.5 Å². The second kappa shape index (κ2) is 6.20. The quantitative estimate of drug-likeness (QED) is 0.837. The molecule has 0 radical (unpaired) electrons. The van der Waals surface area contributed by atoms with E-state index < -0.39 is 0 Å². The molecular formula is C16H23NO2. The summed E-state index contributed by atoms with van der Waals surface area (Å²) in [5.74, 6) is 0.626. The van der Waals surface area contributed by atoms with Gasteiger partial charge >= 0.3 is 0 Å². The van der Waals surface area contributed by atoms with Gasteiger partial charge in [-0.3, -0.25) is 4.79 Å². The number of ether oxygens (including phenoxy) is 1. The van der Waals surface area contributed by atoms with Gasteiger partial charge < -0.3 is 9.64 Å². The Morgan fingerprint density at radius 2 is 2.05 bits per heavy atom. The van der Waals surface area contributed by atoms with Crippen molar-refractivity contribution in [3.05, 3.63) is 35.4 Å². The zero-order valence-corrected chi connectivity index (χ0v) is 12.1. The molecule has 1 saturated heterocycles. The monoisotopic (exact) mass is 261 g/mol. The molecule has 1 aliphatic heterocycles. The van der Waals surface area contributed by atoms with Crippen molar-refractivity contribution in [2.75, 3.05) is 19.8 Å². The van der Waals surface area contributed by atoms with Crippen LogP contribution in [0.1, 0.15) is 49.0 Å². The SMILES string of the molecule is CC[C@H]1COCCN1C(=O)c1ccc(C(C)C)cc1. The molecule has 0 aliphatic carbocycles. The largest absolute Gasteiger partial charge is 0.377 e. The van der Waals surface area contributed by atoms with Crippen LogP contribution < -0.4 is 0 Å². The molecule has 19 heavy (non-hydrogen) atoms. The molecule has 1 aliphatic rings. The van der Waals surface area contributed by atoms with Crippen molar-refractivity contribution in [2.45, 2.75) is 39.2 Å². The van der Waals surface area contributed by atoms with Gasteiger partial charge in [0.2, 0.25) is 0 Å². The Kier molecular flexibility index (Phi) is 4.59. The van der Waals surface area contributed by atoms with Crippen LogP contribution in [0.5, 0.6) is 0 Å². The van der Waals surface area contributed by atoms with Gasteiger partial charge in [0.05, 0.1) is 19.3 Å². The average Bonchev–Trinajstić information content (AvgIpc) is 2.46. The Labute approximate surface area is 115 Å². The zero-order chi connectivity index (χ0) is 13.8. The highest BCUT2D eigenvalue weighted by atomic mass is 16.5. The van der Waals surface area contributed by atoms with Crippen molar-refractivity contribution in [3.8, 4) is 0 Å². The molecule has 3 heteroatoms. The molecule has 0 aromatic heterocycles. The van der Waals surface area contributed by atoms with Crippen molar-refractivity contribution in [1.82, 2.24) is 4.90 Å². The number of nitrogens with zero attached hydrogens (tertiary/aromatic N) is 1. The van der Waals surface area contributed by atoms with E-state index in [0.717, 1.165) is 12.0 Å². The molecule has 1 heterocycles. The first kappa shape index (κ1) is 14.1. The summed E-state index contributed by atoms with van der Waals surface area (Å²) in [6.07, 6.45) is 0.940. The summed E-state index contributed by atoms with van der Waals surface area (Å²) in [7, 11) is 0. The third-order valence-electron chi connectivity index (χ3n) is 3.78. The summed E-state index contributed by atoms with van der Waals surface area (Å²) < 4.78 is 5.45. The van der Waals surface area contributed by atoms with Crippen LogP contribution in [0.25, 0.3) is 0 Å². The summed E-state index contributed by atoms with van der Waals surface area (Å²) in [5, 5.41) is 0. The lowest BCUT2D eigenvalue weighted by Crippen LogP contribution is -2.48. The minimum atomic E-state index is 0.130. The lowest BCUT2D eigenvalue weighted by molar-refractivity contribution is -0.00279. The van der Waals surface area contributed by atoms with Crippen LogP contribution in [-0.2, 0) is 4.74 Å². The molecule has 104 valence electrons. The van der Waals surface area contributed by atoms with Gasteiger partial charge in [0.25, 0.3) is 5.91 Å². The fourth-order valence-corrected chi connectivity index (χ4v) is 2.44. The van der Waals surface area contributed by atoms with E-state index in [1.165, 1.54) is 5.56 Å². The molecule has 0 saturated carbocycles. The molecule has 1 atom stereocenters. The van der Waals surface area contributed by atoms with Crippen LogP contribution in [0.4, 0.5) is 0 Å². The number of carbonyl (C=O) groups excluding carboxylic acids is 1. The van der Waals surface area contributed by atoms with E-state index in [4.69, 9.17) is 4.74 Å². The number of hydrogen-bond donors (Lipinski definition) is 0. The van der Waals surface area contributed by atoms with Crippen LogP contribution >= 0.6 is 0 Å². The Balaban J connectivity index is 2.13.